The predicted octanol–water partition coefficient (Wildman–Crippen LogP) is 5.29. The van der Waals surface area contributed by atoms with E-state index in [4.69, 9.17) is 23.7 Å². The van der Waals surface area contributed by atoms with E-state index in [2.05, 4.69) is 31.9 Å². The number of aryl methyl sites for hydroxylation is 1. The number of rotatable bonds is 5. The molecule has 4 rings (SSSR count). The molecule has 0 aliphatic carbocycles. The van der Waals surface area contributed by atoms with Crippen LogP contribution in [0.4, 0.5) is 0 Å². The molecule has 5 nitrogen and oxygen atoms in total. The number of aliphatic hydroxyl groups is 1. The lowest BCUT2D eigenvalue weighted by Gasteiger charge is -2.08. The Balaban J connectivity index is 1.89. The van der Waals surface area contributed by atoms with E-state index in [1.165, 1.54) is 0 Å². The number of halogens is 2. The van der Waals surface area contributed by atoms with Gasteiger partial charge in [0.25, 0.3) is 0 Å². The zero-order chi connectivity index (χ0) is 18.3. The molecule has 0 saturated carbocycles. The van der Waals surface area contributed by atoms with Crippen molar-refractivity contribution in [3.8, 4) is 28.6 Å². The summed E-state index contributed by atoms with van der Waals surface area (Å²) in [7, 11) is 1.62. The van der Waals surface area contributed by atoms with E-state index in [0.29, 0.717) is 29.3 Å². The lowest BCUT2D eigenvalue weighted by molar-refractivity contribution is 0.174. The van der Waals surface area contributed by atoms with Crippen LogP contribution < -0.4 is 14.2 Å². The van der Waals surface area contributed by atoms with Gasteiger partial charge in [0.05, 0.1) is 17.0 Å². The predicted molar refractivity (Wildman–Crippen MR) is 105 cm³/mol. The van der Waals surface area contributed by atoms with Crippen molar-refractivity contribution in [1.29, 1.82) is 0 Å². The lowest BCUT2D eigenvalue weighted by atomic mass is 10.1. The van der Waals surface area contributed by atoms with Crippen molar-refractivity contribution in [2.75, 3.05) is 20.5 Å². The van der Waals surface area contributed by atoms with Crippen LogP contribution in [0, 0.1) is 0 Å². The first-order valence-electron chi connectivity index (χ1n) is 8.12. The number of furan rings is 1. The zero-order valence-electron chi connectivity index (χ0n) is 14.0. The molecule has 7 heteroatoms. The van der Waals surface area contributed by atoms with Crippen LogP contribution in [0.15, 0.2) is 37.6 Å². The third-order valence-corrected chi connectivity index (χ3v) is 6.00. The summed E-state index contributed by atoms with van der Waals surface area (Å²) in [4.78, 5) is 0. The van der Waals surface area contributed by atoms with E-state index in [0.717, 1.165) is 37.6 Å². The Morgan fingerprint density at radius 1 is 1.12 bits per heavy atom. The summed E-state index contributed by atoms with van der Waals surface area (Å²) < 4.78 is 24.3. The molecule has 0 bridgehead atoms. The van der Waals surface area contributed by atoms with Gasteiger partial charge in [-0.15, -0.1) is 0 Å². The number of methoxy groups -OCH3 is 1. The molecule has 3 aromatic rings. The fourth-order valence-corrected chi connectivity index (χ4v) is 4.70. The monoisotopic (exact) mass is 482 g/mol. The number of benzene rings is 2. The molecule has 0 unspecified atom stereocenters. The number of hydrogen-bond acceptors (Lipinski definition) is 5. The maximum Gasteiger partial charge on any atom is 0.231 e. The van der Waals surface area contributed by atoms with Crippen molar-refractivity contribution in [2.24, 2.45) is 0 Å². The second kappa shape index (κ2) is 7.13. The van der Waals surface area contributed by atoms with Crippen molar-refractivity contribution in [3.63, 3.8) is 0 Å². The third-order valence-electron chi connectivity index (χ3n) is 4.34. The van der Waals surface area contributed by atoms with E-state index < -0.39 is 0 Å². The molecule has 0 atom stereocenters. The first-order chi connectivity index (χ1) is 12.6. The van der Waals surface area contributed by atoms with Gasteiger partial charge in [-0.3, -0.25) is 0 Å². The second-order valence-electron chi connectivity index (χ2n) is 5.90. The van der Waals surface area contributed by atoms with E-state index in [-0.39, 0.29) is 13.4 Å². The minimum Gasteiger partial charge on any atom is -0.493 e. The number of fused-ring (bicyclic) bond motifs is 2. The highest BCUT2D eigenvalue weighted by Gasteiger charge is 2.23. The minimum atomic E-state index is 0.141. The molecule has 1 N–H and O–H groups in total. The molecule has 1 aliphatic heterocycles. The van der Waals surface area contributed by atoms with Gasteiger partial charge in [0.1, 0.15) is 5.76 Å². The molecule has 2 heterocycles. The summed E-state index contributed by atoms with van der Waals surface area (Å²) in [5, 5.41) is 10.1. The maximum atomic E-state index is 9.15. The van der Waals surface area contributed by atoms with Gasteiger partial charge in [-0.25, -0.2) is 0 Å². The summed E-state index contributed by atoms with van der Waals surface area (Å²) >= 11 is 7.37. The van der Waals surface area contributed by atoms with Gasteiger partial charge in [-0.1, -0.05) is 0 Å². The molecule has 0 radical (unpaired) electrons. The average Bonchev–Trinajstić information content (AvgIpc) is 3.25. The molecular weight excluding hydrogens is 468 g/mol. The molecule has 0 saturated heterocycles. The molecule has 1 aromatic heterocycles. The molecule has 0 amide bonds. The standard InChI is InChI=1S/C19H16Br2O5/c1-23-14-7-10(3-2-6-22)16(20)15-17(21)18(26-19(14)15)11-4-5-12-13(8-11)25-9-24-12/h4-5,7-8,22H,2-3,6,9H2,1H3. The highest BCUT2D eigenvalue weighted by Crippen LogP contribution is 2.47. The van der Waals surface area contributed by atoms with Gasteiger partial charge in [0, 0.05) is 16.6 Å². The molecule has 0 spiro atoms. The first kappa shape index (κ1) is 17.7. The Labute approximate surface area is 167 Å². The largest absolute Gasteiger partial charge is 0.493 e. The van der Waals surface area contributed by atoms with Crippen LogP contribution in [-0.2, 0) is 6.42 Å². The molecule has 1 aliphatic rings. The zero-order valence-corrected chi connectivity index (χ0v) is 17.1. The van der Waals surface area contributed by atoms with E-state index in [1.807, 2.05) is 24.3 Å². The topological polar surface area (TPSA) is 61.1 Å². The van der Waals surface area contributed by atoms with Crippen molar-refractivity contribution in [2.45, 2.75) is 12.8 Å². The molecule has 26 heavy (non-hydrogen) atoms. The van der Waals surface area contributed by atoms with Crippen LogP contribution in [0.25, 0.3) is 22.3 Å². The highest BCUT2D eigenvalue weighted by molar-refractivity contribution is 9.11. The van der Waals surface area contributed by atoms with Crippen LogP contribution in [0.3, 0.4) is 0 Å². The Hall–Kier alpha value is -1.70. The SMILES string of the molecule is COc1cc(CCCO)c(Br)c2c(Br)c(-c3ccc4c(c3)OCO4)oc12. The van der Waals surface area contributed by atoms with Crippen LogP contribution in [0.1, 0.15) is 12.0 Å². The quantitative estimate of drug-likeness (QED) is 0.534. The van der Waals surface area contributed by atoms with Gasteiger partial charge in [-0.05, 0) is 74.5 Å². The van der Waals surface area contributed by atoms with Crippen LogP contribution >= 0.6 is 31.9 Å². The molecular formula is C19H16Br2O5. The van der Waals surface area contributed by atoms with E-state index in [9.17, 15) is 0 Å². The summed E-state index contributed by atoms with van der Waals surface area (Å²) in [6, 6.07) is 7.65. The van der Waals surface area contributed by atoms with Crippen LogP contribution in [-0.4, -0.2) is 25.6 Å². The summed E-state index contributed by atoms with van der Waals surface area (Å²) in [6.07, 6.45) is 1.41. The molecule has 136 valence electrons. The van der Waals surface area contributed by atoms with Gasteiger partial charge < -0.3 is 23.7 Å². The van der Waals surface area contributed by atoms with Crippen molar-refractivity contribution >= 4 is 42.8 Å². The van der Waals surface area contributed by atoms with Gasteiger partial charge >= 0.3 is 0 Å². The summed E-state index contributed by atoms with van der Waals surface area (Å²) in [5.41, 5.74) is 2.59. The fourth-order valence-electron chi connectivity index (χ4n) is 3.05. The number of hydrogen-bond donors (Lipinski definition) is 1. The molecule has 0 fully saturated rings. The summed E-state index contributed by atoms with van der Waals surface area (Å²) in [5.74, 6) is 2.77. The first-order valence-corrected chi connectivity index (χ1v) is 9.71. The number of aliphatic hydroxyl groups excluding tert-OH is 1. The Morgan fingerprint density at radius 3 is 2.69 bits per heavy atom. The van der Waals surface area contributed by atoms with E-state index in [1.54, 1.807) is 7.11 Å². The Morgan fingerprint density at radius 2 is 1.92 bits per heavy atom. The van der Waals surface area contributed by atoms with E-state index >= 15 is 0 Å². The van der Waals surface area contributed by atoms with Crippen LogP contribution in [0.2, 0.25) is 0 Å². The van der Waals surface area contributed by atoms with Crippen molar-refractivity contribution < 1.29 is 23.7 Å². The van der Waals surface area contributed by atoms with Gasteiger partial charge in [0.2, 0.25) is 6.79 Å². The maximum absolute atomic E-state index is 9.15. The fraction of sp³-hybridized carbons (Fsp3) is 0.263. The summed E-state index contributed by atoms with van der Waals surface area (Å²) in [6.45, 7) is 0.371. The van der Waals surface area contributed by atoms with Crippen LogP contribution in [0.5, 0.6) is 17.2 Å². The Bertz CT molecular complexity index is 980. The molecule has 2 aromatic carbocycles. The second-order valence-corrected chi connectivity index (χ2v) is 7.48. The lowest BCUT2D eigenvalue weighted by Crippen LogP contribution is -1.93. The van der Waals surface area contributed by atoms with Gasteiger partial charge in [-0.2, -0.15) is 0 Å². The smallest absolute Gasteiger partial charge is 0.231 e. The minimum absolute atomic E-state index is 0.141. The normalized spacial score (nSPS) is 12.8. The average molecular weight is 484 g/mol. The van der Waals surface area contributed by atoms with Crippen molar-refractivity contribution in [1.82, 2.24) is 0 Å². The third kappa shape index (κ3) is 2.88. The Kier molecular flexibility index (Phi) is 4.86. The highest BCUT2D eigenvalue weighted by atomic mass is 79.9. The van der Waals surface area contributed by atoms with Crippen molar-refractivity contribution in [3.05, 3.63) is 38.8 Å². The van der Waals surface area contributed by atoms with Gasteiger partial charge in [0.15, 0.2) is 22.8 Å². The number of ether oxygens (including phenoxy) is 3.